The maximum atomic E-state index is 4.74. The van der Waals surface area contributed by atoms with E-state index in [-0.39, 0.29) is 0 Å². The Balaban J connectivity index is 1.82. The van der Waals surface area contributed by atoms with Gasteiger partial charge in [0, 0.05) is 16.4 Å². The lowest BCUT2D eigenvalue weighted by molar-refractivity contribution is 0.711. The average molecular weight is 255 g/mol. The maximum absolute atomic E-state index is 4.74. The normalized spacial score (nSPS) is 19.1. The highest BCUT2D eigenvalue weighted by molar-refractivity contribution is 7.99. The van der Waals surface area contributed by atoms with E-state index in [0.29, 0.717) is 5.92 Å². The van der Waals surface area contributed by atoms with Crippen molar-refractivity contribution in [2.45, 2.75) is 62.9 Å². The Bertz CT molecular complexity index is 315. The largest absolute Gasteiger partial charge is 0.245 e. The summed E-state index contributed by atoms with van der Waals surface area (Å²) in [4.78, 5) is 4.74. The zero-order chi connectivity index (χ0) is 11.4. The Hall–Kier alpha value is -0.0200. The van der Waals surface area contributed by atoms with E-state index >= 15 is 0 Å². The molecule has 0 aliphatic heterocycles. The molecule has 1 aliphatic rings. The first-order valence-corrected chi connectivity index (χ1v) is 8.28. The van der Waals surface area contributed by atoms with E-state index in [1.54, 1.807) is 0 Å². The van der Waals surface area contributed by atoms with Gasteiger partial charge in [0.1, 0.15) is 5.01 Å². The summed E-state index contributed by atoms with van der Waals surface area (Å²) >= 11 is 3.96. The number of hydrogen-bond donors (Lipinski definition) is 0. The summed E-state index contributed by atoms with van der Waals surface area (Å²) in [6.45, 7) is 4.50. The summed E-state index contributed by atoms with van der Waals surface area (Å²) in [5.41, 5.74) is 1.30. The first kappa shape index (κ1) is 12.4. The van der Waals surface area contributed by atoms with Gasteiger partial charge in [-0.2, -0.15) is 11.8 Å². The molecule has 1 unspecified atom stereocenters. The zero-order valence-electron chi connectivity index (χ0n) is 10.2. The minimum Gasteiger partial charge on any atom is -0.245 e. The van der Waals surface area contributed by atoms with Crippen molar-refractivity contribution in [3.63, 3.8) is 0 Å². The molecule has 0 bridgehead atoms. The Kier molecular flexibility index (Phi) is 4.71. The Labute approximate surface area is 107 Å². The van der Waals surface area contributed by atoms with Crippen LogP contribution in [-0.4, -0.2) is 10.2 Å². The van der Waals surface area contributed by atoms with Crippen LogP contribution in [0.5, 0.6) is 0 Å². The monoisotopic (exact) mass is 255 g/mol. The molecular formula is C13H21NS2. The van der Waals surface area contributed by atoms with Crippen molar-refractivity contribution in [2.24, 2.45) is 0 Å². The van der Waals surface area contributed by atoms with E-state index in [0.717, 1.165) is 11.0 Å². The SMILES string of the molecule is CCC(C)c1csc(CSC2CCCC2)n1. The summed E-state index contributed by atoms with van der Waals surface area (Å²) in [6, 6.07) is 0. The molecule has 1 aliphatic carbocycles. The van der Waals surface area contributed by atoms with E-state index in [4.69, 9.17) is 4.98 Å². The second kappa shape index (κ2) is 6.06. The molecule has 0 amide bonds. The van der Waals surface area contributed by atoms with E-state index < -0.39 is 0 Å². The van der Waals surface area contributed by atoms with Gasteiger partial charge in [-0.05, 0) is 25.2 Å². The van der Waals surface area contributed by atoms with E-state index in [1.807, 2.05) is 11.3 Å². The first-order valence-electron chi connectivity index (χ1n) is 6.35. The lowest BCUT2D eigenvalue weighted by Gasteiger charge is -2.06. The molecule has 0 N–H and O–H groups in total. The van der Waals surface area contributed by atoms with Crippen LogP contribution in [0.1, 0.15) is 62.6 Å². The van der Waals surface area contributed by atoms with Crippen LogP contribution in [0.2, 0.25) is 0 Å². The van der Waals surface area contributed by atoms with Crippen LogP contribution in [0.4, 0.5) is 0 Å². The molecule has 1 aromatic rings. The van der Waals surface area contributed by atoms with E-state index in [2.05, 4.69) is 31.0 Å². The molecular weight excluding hydrogens is 234 g/mol. The van der Waals surface area contributed by atoms with Crippen molar-refractivity contribution in [1.82, 2.24) is 4.98 Å². The highest BCUT2D eigenvalue weighted by Gasteiger charge is 2.16. The van der Waals surface area contributed by atoms with Crippen molar-refractivity contribution in [3.8, 4) is 0 Å². The second-order valence-electron chi connectivity index (χ2n) is 4.69. The van der Waals surface area contributed by atoms with Crippen LogP contribution < -0.4 is 0 Å². The lowest BCUT2D eigenvalue weighted by atomic mass is 10.1. The van der Waals surface area contributed by atoms with Gasteiger partial charge in [0.15, 0.2) is 0 Å². The molecule has 16 heavy (non-hydrogen) atoms. The van der Waals surface area contributed by atoms with Crippen LogP contribution in [0, 0.1) is 0 Å². The Morgan fingerprint density at radius 3 is 2.94 bits per heavy atom. The molecule has 2 rings (SSSR count). The quantitative estimate of drug-likeness (QED) is 0.747. The van der Waals surface area contributed by atoms with E-state index in [1.165, 1.54) is 42.8 Å². The van der Waals surface area contributed by atoms with Crippen LogP contribution in [-0.2, 0) is 5.75 Å². The molecule has 0 radical (unpaired) electrons. The highest BCUT2D eigenvalue weighted by atomic mass is 32.2. The molecule has 1 nitrogen and oxygen atoms in total. The van der Waals surface area contributed by atoms with Gasteiger partial charge >= 0.3 is 0 Å². The fourth-order valence-corrected chi connectivity index (χ4v) is 4.36. The van der Waals surface area contributed by atoms with E-state index in [9.17, 15) is 0 Å². The molecule has 1 atom stereocenters. The number of nitrogens with zero attached hydrogens (tertiary/aromatic N) is 1. The molecule has 0 aromatic carbocycles. The fraction of sp³-hybridized carbons (Fsp3) is 0.769. The van der Waals surface area contributed by atoms with Crippen molar-refractivity contribution in [3.05, 3.63) is 16.1 Å². The number of rotatable bonds is 5. The molecule has 1 heterocycles. The number of thioether (sulfide) groups is 1. The van der Waals surface area contributed by atoms with Gasteiger partial charge in [0.2, 0.25) is 0 Å². The van der Waals surface area contributed by atoms with Gasteiger partial charge < -0.3 is 0 Å². The maximum Gasteiger partial charge on any atom is 0.103 e. The topological polar surface area (TPSA) is 12.9 Å². The second-order valence-corrected chi connectivity index (χ2v) is 6.92. The van der Waals surface area contributed by atoms with Gasteiger partial charge in [0.05, 0.1) is 5.69 Å². The molecule has 90 valence electrons. The lowest BCUT2D eigenvalue weighted by Crippen LogP contribution is -1.95. The zero-order valence-corrected chi connectivity index (χ0v) is 11.9. The molecule has 1 fully saturated rings. The van der Waals surface area contributed by atoms with Gasteiger partial charge in [-0.1, -0.05) is 26.7 Å². The summed E-state index contributed by atoms with van der Waals surface area (Å²) in [5, 5.41) is 4.49. The van der Waals surface area contributed by atoms with Gasteiger partial charge in [0.25, 0.3) is 0 Å². The molecule has 3 heteroatoms. The third-order valence-electron chi connectivity index (χ3n) is 3.43. The molecule has 0 saturated heterocycles. The fourth-order valence-electron chi connectivity index (χ4n) is 2.07. The highest BCUT2D eigenvalue weighted by Crippen LogP contribution is 2.32. The predicted octanol–water partition coefficient (Wildman–Crippen LogP) is 4.83. The number of aromatic nitrogens is 1. The minimum atomic E-state index is 0.626. The van der Waals surface area contributed by atoms with Gasteiger partial charge in [-0.3, -0.25) is 0 Å². The standard InChI is InChI=1S/C13H21NS2/c1-3-10(2)12-8-16-13(14-12)9-15-11-6-4-5-7-11/h8,10-11H,3-7,9H2,1-2H3. The third kappa shape index (κ3) is 3.24. The van der Waals surface area contributed by atoms with Gasteiger partial charge in [-0.15, -0.1) is 11.3 Å². The Morgan fingerprint density at radius 2 is 2.25 bits per heavy atom. The molecule has 1 saturated carbocycles. The first-order chi connectivity index (χ1) is 7.79. The number of hydrogen-bond acceptors (Lipinski definition) is 3. The van der Waals surface area contributed by atoms with Crippen molar-refractivity contribution in [2.75, 3.05) is 0 Å². The molecule has 1 aromatic heterocycles. The van der Waals surface area contributed by atoms with Crippen molar-refractivity contribution in [1.29, 1.82) is 0 Å². The predicted molar refractivity (Wildman–Crippen MR) is 74.4 cm³/mol. The third-order valence-corrected chi connectivity index (χ3v) is 5.86. The number of thiazole rings is 1. The van der Waals surface area contributed by atoms with Crippen LogP contribution in [0.15, 0.2) is 5.38 Å². The minimum absolute atomic E-state index is 0.626. The van der Waals surface area contributed by atoms with Crippen LogP contribution >= 0.6 is 23.1 Å². The average Bonchev–Trinajstić information content (AvgIpc) is 2.96. The summed E-state index contributed by atoms with van der Waals surface area (Å²) in [6.07, 6.45) is 6.92. The smallest absolute Gasteiger partial charge is 0.103 e. The van der Waals surface area contributed by atoms with Gasteiger partial charge in [-0.25, -0.2) is 4.98 Å². The summed E-state index contributed by atoms with van der Waals surface area (Å²) in [7, 11) is 0. The van der Waals surface area contributed by atoms with Crippen molar-refractivity contribution >= 4 is 23.1 Å². The summed E-state index contributed by atoms with van der Waals surface area (Å²) < 4.78 is 0. The van der Waals surface area contributed by atoms with Crippen LogP contribution in [0.3, 0.4) is 0 Å². The van der Waals surface area contributed by atoms with Crippen molar-refractivity contribution < 1.29 is 0 Å². The van der Waals surface area contributed by atoms with Crippen LogP contribution in [0.25, 0.3) is 0 Å². The molecule has 0 spiro atoms. The summed E-state index contributed by atoms with van der Waals surface area (Å²) in [5.74, 6) is 1.76. The Morgan fingerprint density at radius 1 is 1.50 bits per heavy atom.